The van der Waals surface area contributed by atoms with Crippen LogP contribution in [-0.4, -0.2) is 46.7 Å². The summed E-state index contributed by atoms with van der Waals surface area (Å²) in [6.07, 6.45) is 0. The highest BCUT2D eigenvalue weighted by Gasteiger charge is 2.38. The van der Waals surface area contributed by atoms with E-state index in [0.717, 1.165) is 11.6 Å². The summed E-state index contributed by atoms with van der Waals surface area (Å²) in [7, 11) is 1.73. The molecule has 2 aromatic rings. The molecular formula is C17H17N3O5. The summed E-state index contributed by atoms with van der Waals surface area (Å²) >= 11 is 0. The van der Waals surface area contributed by atoms with Crippen molar-refractivity contribution in [2.24, 2.45) is 5.92 Å². The van der Waals surface area contributed by atoms with Crippen LogP contribution in [0.3, 0.4) is 0 Å². The standard InChI is InChI=1S/C17H17N3O5/c1-18(9-12-5-3-2-4-6-12)16(21)13-10-19(11-13)17(22)14-7-8-15(25-14)20(23)24/h2-8,13H,9-11H2,1H3. The molecule has 1 saturated heterocycles. The Labute approximate surface area is 143 Å². The molecule has 130 valence electrons. The van der Waals surface area contributed by atoms with E-state index < -0.39 is 16.7 Å². The first-order chi connectivity index (χ1) is 12.0. The van der Waals surface area contributed by atoms with Crippen molar-refractivity contribution in [3.63, 3.8) is 0 Å². The average molecular weight is 343 g/mol. The molecular weight excluding hydrogens is 326 g/mol. The van der Waals surface area contributed by atoms with E-state index in [0.29, 0.717) is 6.54 Å². The van der Waals surface area contributed by atoms with Gasteiger partial charge in [0.05, 0.1) is 12.0 Å². The van der Waals surface area contributed by atoms with Crippen molar-refractivity contribution in [2.45, 2.75) is 6.54 Å². The van der Waals surface area contributed by atoms with Crippen molar-refractivity contribution in [1.29, 1.82) is 0 Å². The third-order valence-corrected chi connectivity index (χ3v) is 4.14. The largest absolute Gasteiger partial charge is 0.433 e. The van der Waals surface area contributed by atoms with Gasteiger partial charge in [0.1, 0.15) is 4.92 Å². The highest BCUT2D eigenvalue weighted by atomic mass is 16.6. The molecule has 8 heteroatoms. The zero-order valence-corrected chi connectivity index (χ0v) is 13.6. The van der Waals surface area contributed by atoms with Gasteiger partial charge in [-0.3, -0.25) is 19.7 Å². The van der Waals surface area contributed by atoms with E-state index in [4.69, 9.17) is 4.42 Å². The van der Waals surface area contributed by atoms with Gasteiger partial charge in [-0.25, -0.2) is 0 Å². The Morgan fingerprint density at radius 1 is 1.24 bits per heavy atom. The minimum atomic E-state index is -0.697. The van der Waals surface area contributed by atoms with Gasteiger partial charge in [0.15, 0.2) is 5.76 Å². The second-order valence-electron chi connectivity index (χ2n) is 5.98. The Morgan fingerprint density at radius 3 is 2.52 bits per heavy atom. The zero-order valence-electron chi connectivity index (χ0n) is 13.6. The summed E-state index contributed by atoms with van der Waals surface area (Å²) in [6, 6.07) is 12.1. The monoisotopic (exact) mass is 343 g/mol. The molecule has 0 bridgehead atoms. The number of furan rings is 1. The SMILES string of the molecule is CN(Cc1ccccc1)C(=O)C1CN(C(=O)c2ccc([N+](=O)[O-])o2)C1. The van der Waals surface area contributed by atoms with Gasteiger partial charge in [0.2, 0.25) is 5.91 Å². The summed E-state index contributed by atoms with van der Waals surface area (Å²) in [6.45, 7) is 1.07. The molecule has 1 fully saturated rings. The topological polar surface area (TPSA) is 96.9 Å². The van der Waals surface area contributed by atoms with Crippen LogP contribution < -0.4 is 0 Å². The maximum absolute atomic E-state index is 12.4. The summed E-state index contributed by atoms with van der Waals surface area (Å²) < 4.78 is 4.90. The fourth-order valence-corrected chi connectivity index (χ4v) is 2.74. The van der Waals surface area contributed by atoms with E-state index in [1.54, 1.807) is 11.9 Å². The lowest BCUT2D eigenvalue weighted by Gasteiger charge is -2.39. The molecule has 1 aromatic carbocycles. The van der Waals surface area contributed by atoms with Gasteiger partial charge in [0, 0.05) is 26.7 Å². The lowest BCUT2D eigenvalue weighted by Crippen LogP contribution is -2.55. The fourth-order valence-electron chi connectivity index (χ4n) is 2.74. The van der Waals surface area contributed by atoms with E-state index in [1.807, 2.05) is 30.3 Å². The summed E-state index contributed by atoms with van der Waals surface area (Å²) in [4.78, 5) is 37.6. The first-order valence-electron chi connectivity index (χ1n) is 7.78. The third kappa shape index (κ3) is 3.52. The van der Waals surface area contributed by atoms with E-state index in [-0.39, 0.29) is 30.7 Å². The van der Waals surface area contributed by atoms with Gasteiger partial charge in [0.25, 0.3) is 5.91 Å². The van der Waals surface area contributed by atoms with Crippen LogP contribution in [0.1, 0.15) is 16.1 Å². The van der Waals surface area contributed by atoms with Gasteiger partial charge < -0.3 is 14.2 Å². The number of benzene rings is 1. The summed E-state index contributed by atoms with van der Waals surface area (Å²) in [5, 5.41) is 10.6. The Balaban J connectivity index is 1.53. The molecule has 1 aliphatic rings. The molecule has 0 unspecified atom stereocenters. The Hall–Kier alpha value is -3.16. The molecule has 25 heavy (non-hydrogen) atoms. The predicted octanol–water partition coefficient (Wildman–Crippen LogP) is 1.92. The summed E-state index contributed by atoms with van der Waals surface area (Å²) in [5.74, 6) is -1.29. The molecule has 8 nitrogen and oxygen atoms in total. The molecule has 2 heterocycles. The first kappa shape index (κ1) is 16.7. The Kier molecular flexibility index (Phi) is 4.51. The number of rotatable bonds is 5. The maximum Gasteiger partial charge on any atom is 0.433 e. The number of nitrogens with zero attached hydrogens (tertiary/aromatic N) is 3. The molecule has 0 aliphatic carbocycles. The van der Waals surface area contributed by atoms with Crippen LogP contribution in [0.2, 0.25) is 0 Å². The third-order valence-electron chi connectivity index (χ3n) is 4.14. The first-order valence-corrected chi connectivity index (χ1v) is 7.78. The van der Waals surface area contributed by atoms with Crippen LogP contribution in [-0.2, 0) is 11.3 Å². The van der Waals surface area contributed by atoms with Gasteiger partial charge in [-0.05, 0) is 11.6 Å². The van der Waals surface area contributed by atoms with Crippen LogP contribution in [0.5, 0.6) is 0 Å². The molecule has 3 rings (SSSR count). The van der Waals surface area contributed by atoms with E-state index in [9.17, 15) is 19.7 Å². The van der Waals surface area contributed by atoms with Crippen molar-refractivity contribution in [3.05, 3.63) is 63.9 Å². The van der Waals surface area contributed by atoms with Crippen molar-refractivity contribution in [1.82, 2.24) is 9.80 Å². The lowest BCUT2D eigenvalue weighted by molar-refractivity contribution is -0.402. The highest BCUT2D eigenvalue weighted by Crippen LogP contribution is 2.23. The highest BCUT2D eigenvalue weighted by molar-refractivity contribution is 5.94. The van der Waals surface area contributed by atoms with Gasteiger partial charge in [-0.15, -0.1) is 0 Å². The number of carbonyl (C=O) groups is 2. The molecule has 0 N–H and O–H groups in total. The number of hydrogen-bond donors (Lipinski definition) is 0. The predicted molar refractivity (Wildman–Crippen MR) is 87.7 cm³/mol. The minimum absolute atomic E-state index is 0.0293. The average Bonchev–Trinajstić information content (AvgIpc) is 3.04. The number of nitro groups is 1. The van der Waals surface area contributed by atoms with Gasteiger partial charge in [-0.2, -0.15) is 0 Å². The number of amides is 2. The quantitative estimate of drug-likeness (QED) is 0.610. The smallest absolute Gasteiger partial charge is 0.395 e. The Morgan fingerprint density at radius 2 is 1.92 bits per heavy atom. The van der Waals surface area contributed by atoms with Crippen molar-refractivity contribution < 1.29 is 18.9 Å². The zero-order chi connectivity index (χ0) is 18.0. The Bertz CT molecular complexity index is 796. The lowest BCUT2D eigenvalue weighted by atomic mass is 9.98. The normalized spacial score (nSPS) is 14.0. The minimum Gasteiger partial charge on any atom is -0.395 e. The number of carbonyl (C=O) groups excluding carboxylic acids is 2. The van der Waals surface area contributed by atoms with E-state index >= 15 is 0 Å². The molecule has 1 aromatic heterocycles. The molecule has 2 amide bonds. The molecule has 0 radical (unpaired) electrons. The van der Waals surface area contributed by atoms with Crippen LogP contribution in [0, 0.1) is 16.0 Å². The van der Waals surface area contributed by atoms with Crippen LogP contribution in [0.15, 0.2) is 46.9 Å². The number of likely N-dealkylation sites (tertiary alicyclic amines) is 1. The van der Waals surface area contributed by atoms with Crippen LogP contribution in [0.4, 0.5) is 5.88 Å². The molecule has 1 aliphatic heterocycles. The van der Waals surface area contributed by atoms with Crippen LogP contribution >= 0.6 is 0 Å². The van der Waals surface area contributed by atoms with Crippen LogP contribution in [0.25, 0.3) is 0 Å². The second-order valence-corrected chi connectivity index (χ2v) is 5.98. The van der Waals surface area contributed by atoms with E-state index in [2.05, 4.69) is 0 Å². The van der Waals surface area contributed by atoms with Crippen molar-refractivity contribution in [2.75, 3.05) is 20.1 Å². The second kappa shape index (κ2) is 6.76. The molecule has 0 saturated carbocycles. The van der Waals surface area contributed by atoms with Crippen molar-refractivity contribution in [3.8, 4) is 0 Å². The molecule has 0 spiro atoms. The summed E-state index contributed by atoms with van der Waals surface area (Å²) in [5.41, 5.74) is 1.04. The van der Waals surface area contributed by atoms with Gasteiger partial charge in [-0.1, -0.05) is 30.3 Å². The number of hydrogen-bond acceptors (Lipinski definition) is 5. The van der Waals surface area contributed by atoms with E-state index in [1.165, 1.54) is 11.0 Å². The fraction of sp³-hybridized carbons (Fsp3) is 0.294. The van der Waals surface area contributed by atoms with Gasteiger partial charge >= 0.3 is 5.88 Å². The molecule has 0 atom stereocenters. The van der Waals surface area contributed by atoms with Crippen molar-refractivity contribution >= 4 is 17.7 Å². The maximum atomic E-state index is 12.4.